The summed E-state index contributed by atoms with van der Waals surface area (Å²) in [6.07, 6.45) is 15.4. The highest BCUT2D eigenvalue weighted by atomic mass is 16.3. The molecule has 5 nitrogen and oxygen atoms in total. The zero-order chi connectivity index (χ0) is 23.8. The quantitative estimate of drug-likeness (QED) is 0.405. The van der Waals surface area contributed by atoms with Crippen LogP contribution in [0.4, 0.5) is 4.79 Å². The Labute approximate surface area is 207 Å². The third-order valence-electron chi connectivity index (χ3n) is 8.65. The molecule has 190 valence electrons. The fourth-order valence-corrected chi connectivity index (χ4v) is 6.46. The van der Waals surface area contributed by atoms with Crippen molar-refractivity contribution in [1.82, 2.24) is 15.5 Å². The monoisotopic (exact) mass is 469 g/mol. The summed E-state index contributed by atoms with van der Waals surface area (Å²) in [5.41, 5.74) is 0.157. The van der Waals surface area contributed by atoms with Crippen LogP contribution in [-0.2, 0) is 5.60 Å². The maximum absolute atomic E-state index is 13.4. The smallest absolute Gasteiger partial charge is 0.317 e. The van der Waals surface area contributed by atoms with Crippen molar-refractivity contribution < 1.29 is 9.90 Å². The molecule has 3 fully saturated rings. The molecule has 2 saturated carbocycles. The van der Waals surface area contributed by atoms with Gasteiger partial charge in [0.25, 0.3) is 0 Å². The Balaban J connectivity index is 1.39. The summed E-state index contributed by atoms with van der Waals surface area (Å²) in [5.74, 6) is 1.69. The second-order valence-corrected chi connectivity index (χ2v) is 11.4. The highest BCUT2D eigenvalue weighted by molar-refractivity contribution is 5.74. The standard InChI is InChI=1S/C29H47N3O2/c1-30-21-27(20-24-10-4-2-5-11-24)31-28(33)32-19-9-15-26(22-32)29(34,18-8-12-23-16-17-23)25-13-6-3-7-14-25/h3,6-7,13-14,23-24,26-27,30,34H,2,4-5,8-12,15-22H2,1H3,(H,31,33)/t26-,27?,29-/m1/s1. The first-order valence-electron chi connectivity index (χ1n) is 14.1. The van der Waals surface area contributed by atoms with Crippen molar-refractivity contribution >= 4 is 6.03 Å². The number of carbonyl (C=O) groups excluding carboxylic acids is 1. The Bertz CT molecular complexity index is 747. The molecule has 1 aromatic rings. The van der Waals surface area contributed by atoms with Gasteiger partial charge in [-0.05, 0) is 56.6 Å². The summed E-state index contributed by atoms with van der Waals surface area (Å²) in [6, 6.07) is 10.4. The fraction of sp³-hybridized carbons (Fsp3) is 0.759. The van der Waals surface area contributed by atoms with Crippen LogP contribution in [0.2, 0.25) is 0 Å². The molecule has 4 rings (SSSR count). The van der Waals surface area contributed by atoms with Crippen LogP contribution in [0.1, 0.15) is 89.0 Å². The summed E-state index contributed by atoms with van der Waals surface area (Å²) < 4.78 is 0. The van der Waals surface area contributed by atoms with E-state index in [1.807, 2.05) is 30.1 Å². The van der Waals surface area contributed by atoms with Crippen molar-refractivity contribution in [3.8, 4) is 0 Å². The van der Waals surface area contributed by atoms with Gasteiger partial charge in [-0.15, -0.1) is 0 Å². The number of rotatable bonds is 11. The van der Waals surface area contributed by atoms with E-state index in [-0.39, 0.29) is 18.0 Å². The molecule has 34 heavy (non-hydrogen) atoms. The van der Waals surface area contributed by atoms with E-state index in [9.17, 15) is 9.90 Å². The number of likely N-dealkylation sites (tertiary alicyclic amines) is 1. The second kappa shape index (κ2) is 12.4. The van der Waals surface area contributed by atoms with E-state index in [1.54, 1.807) is 0 Å². The molecular weight excluding hydrogens is 422 g/mol. The predicted molar refractivity (Wildman–Crippen MR) is 139 cm³/mol. The Hall–Kier alpha value is -1.59. The largest absolute Gasteiger partial charge is 0.385 e. The molecule has 0 aromatic heterocycles. The van der Waals surface area contributed by atoms with Gasteiger partial charge in [-0.2, -0.15) is 0 Å². The van der Waals surface area contributed by atoms with Crippen LogP contribution in [0.15, 0.2) is 30.3 Å². The van der Waals surface area contributed by atoms with E-state index in [2.05, 4.69) is 22.8 Å². The molecule has 1 saturated heterocycles. The Morgan fingerprint density at radius 1 is 1.06 bits per heavy atom. The van der Waals surface area contributed by atoms with Crippen LogP contribution in [-0.4, -0.2) is 48.8 Å². The molecule has 3 N–H and O–H groups in total. The zero-order valence-electron chi connectivity index (χ0n) is 21.3. The van der Waals surface area contributed by atoms with Gasteiger partial charge >= 0.3 is 6.03 Å². The lowest BCUT2D eigenvalue weighted by Gasteiger charge is -2.43. The molecule has 2 aliphatic carbocycles. The highest BCUT2D eigenvalue weighted by Gasteiger charge is 2.41. The molecule has 1 heterocycles. The summed E-state index contributed by atoms with van der Waals surface area (Å²) >= 11 is 0. The van der Waals surface area contributed by atoms with E-state index in [0.29, 0.717) is 6.54 Å². The number of aliphatic hydroxyl groups is 1. The second-order valence-electron chi connectivity index (χ2n) is 11.4. The van der Waals surface area contributed by atoms with Crippen LogP contribution in [0, 0.1) is 17.8 Å². The number of hydrogen-bond acceptors (Lipinski definition) is 3. The average molecular weight is 470 g/mol. The molecule has 1 aromatic carbocycles. The van der Waals surface area contributed by atoms with Gasteiger partial charge in [0.2, 0.25) is 0 Å². The molecule has 1 unspecified atom stereocenters. The molecule has 5 heteroatoms. The van der Waals surface area contributed by atoms with Gasteiger partial charge in [0.05, 0.1) is 5.60 Å². The number of nitrogens with zero attached hydrogens (tertiary/aromatic N) is 1. The number of piperidine rings is 1. The molecule has 0 bridgehead atoms. The predicted octanol–water partition coefficient (Wildman–Crippen LogP) is 5.43. The third kappa shape index (κ3) is 6.97. The van der Waals surface area contributed by atoms with E-state index in [1.165, 1.54) is 51.4 Å². The topological polar surface area (TPSA) is 64.6 Å². The highest BCUT2D eigenvalue weighted by Crippen LogP contribution is 2.42. The molecule has 1 aliphatic heterocycles. The van der Waals surface area contributed by atoms with Crippen LogP contribution in [0.25, 0.3) is 0 Å². The SMILES string of the molecule is CNCC(CC1CCCCC1)NC(=O)N1CCC[C@@H]([C@@](O)(CCCC2CC2)c2ccccc2)C1. The summed E-state index contributed by atoms with van der Waals surface area (Å²) in [6.45, 7) is 2.23. The van der Waals surface area contributed by atoms with Gasteiger partial charge in [0.15, 0.2) is 0 Å². The van der Waals surface area contributed by atoms with Crippen molar-refractivity contribution in [1.29, 1.82) is 0 Å². The Morgan fingerprint density at radius 3 is 2.53 bits per heavy atom. The molecule has 0 radical (unpaired) electrons. The number of urea groups is 1. The van der Waals surface area contributed by atoms with Crippen LogP contribution in [0.5, 0.6) is 0 Å². The third-order valence-corrected chi connectivity index (χ3v) is 8.65. The molecule has 3 atom stereocenters. The van der Waals surface area contributed by atoms with Crippen molar-refractivity contribution in [3.63, 3.8) is 0 Å². The van der Waals surface area contributed by atoms with Crippen molar-refractivity contribution in [3.05, 3.63) is 35.9 Å². The fourth-order valence-electron chi connectivity index (χ4n) is 6.46. The minimum Gasteiger partial charge on any atom is -0.385 e. The van der Waals surface area contributed by atoms with Crippen molar-refractivity contribution in [2.45, 2.75) is 95.1 Å². The molecular formula is C29H47N3O2. The lowest BCUT2D eigenvalue weighted by Crippen LogP contribution is -2.54. The van der Waals surface area contributed by atoms with Crippen LogP contribution >= 0.6 is 0 Å². The van der Waals surface area contributed by atoms with Crippen molar-refractivity contribution in [2.24, 2.45) is 17.8 Å². The lowest BCUT2D eigenvalue weighted by molar-refractivity contribution is -0.0559. The normalized spacial score (nSPS) is 24.4. The molecule has 2 amide bonds. The minimum atomic E-state index is -0.860. The number of amides is 2. The van der Waals surface area contributed by atoms with Gasteiger partial charge < -0.3 is 20.6 Å². The summed E-state index contributed by atoms with van der Waals surface area (Å²) in [7, 11) is 1.97. The zero-order valence-corrected chi connectivity index (χ0v) is 21.3. The number of nitrogens with one attached hydrogen (secondary N) is 2. The number of benzene rings is 1. The first-order valence-corrected chi connectivity index (χ1v) is 14.1. The van der Waals surface area contributed by atoms with Gasteiger partial charge in [0, 0.05) is 31.6 Å². The van der Waals surface area contributed by atoms with Gasteiger partial charge in [0.1, 0.15) is 0 Å². The van der Waals surface area contributed by atoms with E-state index >= 15 is 0 Å². The number of likely N-dealkylation sites (N-methyl/N-ethyl adjacent to an activating group) is 1. The maximum atomic E-state index is 13.4. The van der Waals surface area contributed by atoms with Gasteiger partial charge in [-0.1, -0.05) is 81.7 Å². The average Bonchev–Trinajstić information content (AvgIpc) is 3.70. The Kier molecular flexibility index (Phi) is 9.30. The summed E-state index contributed by atoms with van der Waals surface area (Å²) in [5, 5.41) is 18.7. The first-order chi connectivity index (χ1) is 16.6. The number of carbonyl (C=O) groups is 1. The summed E-state index contributed by atoms with van der Waals surface area (Å²) in [4.78, 5) is 15.3. The van der Waals surface area contributed by atoms with Gasteiger partial charge in [-0.25, -0.2) is 4.79 Å². The Morgan fingerprint density at radius 2 is 1.82 bits per heavy atom. The van der Waals surface area contributed by atoms with E-state index < -0.39 is 5.60 Å². The lowest BCUT2D eigenvalue weighted by atomic mass is 9.74. The van der Waals surface area contributed by atoms with E-state index in [0.717, 1.165) is 62.6 Å². The van der Waals surface area contributed by atoms with E-state index in [4.69, 9.17) is 0 Å². The van der Waals surface area contributed by atoms with Gasteiger partial charge in [-0.3, -0.25) is 0 Å². The maximum Gasteiger partial charge on any atom is 0.317 e. The van der Waals surface area contributed by atoms with Crippen LogP contribution in [0.3, 0.4) is 0 Å². The van der Waals surface area contributed by atoms with Crippen molar-refractivity contribution in [2.75, 3.05) is 26.7 Å². The first kappa shape index (κ1) is 25.5. The minimum absolute atomic E-state index is 0.0501. The number of hydrogen-bond donors (Lipinski definition) is 3. The van der Waals surface area contributed by atoms with Crippen LogP contribution < -0.4 is 10.6 Å². The molecule has 0 spiro atoms. The molecule has 3 aliphatic rings.